The molecule has 1 aliphatic rings. The predicted octanol–water partition coefficient (Wildman–Crippen LogP) is 5.10. The molecule has 0 bridgehead atoms. The van der Waals surface area contributed by atoms with Crippen LogP contribution in [0.15, 0.2) is 64.8 Å². The van der Waals surface area contributed by atoms with Gasteiger partial charge in [0.15, 0.2) is 5.69 Å². The van der Waals surface area contributed by atoms with Crippen LogP contribution in [-0.2, 0) is 35.3 Å². The van der Waals surface area contributed by atoms with Crippen LogP contribution in [0.1, 0.15) is 44.9 Å². The van der Waals surface area contributed by atoms with Crippen molar-refractivity contribution in [2.45, 2.75) is 64.0 Å². The average Bonchev–Trinajstić information content (AvgIpc) is 3.46. The van der Waals surface area contributed by atoms with E-state index in [2.05, 4.69) is 10.4 Å². The second-order valence-corrected chi connectivity index (χ2v) is 12.7. The van der Waals surface area contributed by atoms with Gasteiger partial charge in [-0.25, -0.2) is 22.6 Å². The van der Waals surface area contributed by atoms with Gasteiger partial charge in [0.1, 0.15) is 12.6 Å². The molecule has 2 aromatic carbocycles. The van der Waals surface area contributed by atoms with Gasteiger partial charge >= 0.3 is 18.2 Å². The molecule has 0 radical (unpaired) electrons. The summed E-state index contributed by atoms with van der Waals surface area (Å²) >= 11 is 0. The summed E-state index contributed by atoms with van der Waals surface area (Å²) in [4.78, 5) is 28.8. The van der Waals surface area contributed by atoms with Crippen LogP contribution in [0.3, 0.4) is 0 Å². The lowest BCUT2D eigenvalue weighted by Gasteiger charge is -2.28. The number of aromatic nitrogens is 2. The van der Waals surface area contributed by atoms with Crippen LogP contribution in [0, 0.1) is 18.0 Å². The summed E-state index contributed by atoms with van der Waals surface area (Å²) < 4.78 is 79.4. The molecular weight excluding hydrogens is 649 g/mol. The Morgan fingerprint density at radius 1 is 1.11 bits per heavy atom. The van der Waals surface area contributed by atoms with Crippen molar-refractivity contribution in [2.24, 2.45) is 11.2 Å². The standard InChI is InChI=1S/C29H33F3N6O8S/c1-18(2)27(39)44-20(4)46-35-38(41)36-15-5-6-23(17-36)45-28(40)34-47(42,43)24-13-11-22(12-14-24)37-25(16-26(33-37)29(30,31)32)21-9-7-19(3)8-10-21/h7-14,16,18,20,23H,5-6,15,17H2,1-4H3,(H,34,40). The third kappa shape index (κ3) is 9.11. The van der Waals surface area contributed by atoms with Gasteiger partial charge in [-0.1, -0.05) is 43.7 Å². The Morgan fingerprint density at radius 3 is 2.38 bits per heavy atom. The number of sulfonamides is 1. The van der Waals surface area contributed by atoms with Crippen LogP contribution in [0.2, 0.25) is 0 Å². The fraction of sp³-hybridized carbons (Fsp3) is 0.414. The Bertz CT molecular complexity index is 1710. The average molecular weight is 683 g/mol. The second-order valence-electron chi connectivity index (χ2n) is 11.0. The van der Waals surface area contributed by atoms with Crippen molar-refractivity contribution >= 4 is 22.1 Å². The number of aryl methyl sites for hydroxylation is 1. The maximum Gasteiger partial charge on any atom is 0.435 e. The van der Waals surface area contributed by atoms with Gasteiger partial charge < -0.3 is 14.7 Å². The summed E-state index contributed by atoms with van der Waals surface area (Å²) in [5, 5.41) is 20.6. The molecule has 1 aliphatic heterocycles. The monoisotopic (exact) mass is 682 g/mol. The van der Waals surface area contributed by atoms with Gasteiger partial charge in [0.25, 0.3) is 16.3 Å². The first-order chi connectivity index (χ1) is 22.0. The molecule has 4 rings (SSSR count). The number of hydrogen-bond donors (Lipinski definition) is 1. The largest absolute Gasteiger partial charge is 0.569 e. The third-order valence-electron chi connectivity index (χ3n) is 6.85. The van der Waals surface area contributed by atoms with Crippen LogP contribution in [-0.4, -0.2) is 65.7 Å². The van der Waals surface area contributed by atoms with Crippen molar-refractivity contribution in [1.82, 2.24) is 19.5 Å². The van der Waals surface area contributed by atoms with E-state index in [1.54, 1.807) is 42.8 Å². The molecule has 2 atom stereocenters. The van der Waals surface area contributed by atoms with Crippen LogP contribution in [0.25, 0.3) is 16.9 Å². The summed E-state index contributed by atoms with van der Waals surface area (Å²) in [5.74, 6) is -0.952. The molecule has 47 heavy (non-hydrogen) atoms. The molecule has 1 aromatic heterocycles. The smallest absolute Gasteiger partial charge is 0.435 e. The third-order valence-corrected chi connectivity index (χ3v) is 8.18. The molecule has 0 saturated carbocycles. The number of nitrogens with one attached hydrogen (secondary N) is 1. The second kappa shape index (κ2) is 14.3. The predicted molar refractivity (Wildman–Crippen MR) is 158 cm³/mol. The Morgan fingerprint density at radius 2 is 1.77 bits per heavy atom. The molecule has 1 saturated heterocycles. The van der Waals surface area contributed by atoms with Crippen molar-refractivity contribution in [3.63, 3.8) is 0 Å². The van der Waals surface area contributed by atoms with Crippen LogP contribution < -0.4 is 4.72 Å². The number of piperidine rings is 1. The minimum absolute atomic E-state index is 0.118. The summed E-state index contributed by atoms with van der Waals surface area (Å²) in [6, 6.07) is 12.4. The van der Waals surface area contributed by atoms with E-state index in [0.717, 1.165) is 33.5 Å². The van der Waals surface area contributed by atoms with Crippen molar-refractivity contribution in [1.29, 1.82) is 0 Å². The molecule has 0 spiro atoms. The van der Waals surface area contributed by atoms with Gasteiger partial charge in [0.2, 0.25) is 5.28 Å². The van der Waals surface area contributed by atoms with E-state index in [4.69, 9.17) is 14.3 Å². The van der Waals surface area contributed by atoms with Crippen molar-refractivity contribution in [3.8, 4) is 16.9 Å². The van der Waals surface area contributed by atoms with E-state index in [-0.39, 0.29) is 34.3 Å². The molecule has 18 heteroatoms. The number of hydrogen-bond acceptors (Lipinski definition) is 10. The number of ether oxygens (including phenoxy) is 2. The number of benzene rings is 2. The number of hydrazine groups is 1. The highest BCUT2D eigenvalue weighted by Crippen LogP contribution is 2.33. The van der Waals surface area contributed by atoms with Gasteiger partial charge in [-0.3, -0.25) is 9.63 Å². The minimum atomic E-state index is -4.72. The highest BCUT2D eigenvalue weighted by Gasteiger charge is 2.35. The fourth-order valence-electron chi connectivity index (χ4n) is 4.41. The summed E-state index contributed by atoms with van der Waals surface area (Å²) in [6.07, 6.45) is -7.31. The van der Waals surface area contributed by atoms with E-state index in [9.17, 15) is 36.4 Å². The van der Waals surface area contributed by atoms with Crippen LogP contribution in [0.4, 0.5) is 18.0 Å². The Labute approximate surface area is 268 Å². The number of nitrogens with zero attached hydrogens (tertiary/aromatic N) is 5. The Kier molecular flexibility index (Phi) is 10.6. The zero-order valence-electron chi connectivity index (χ0n) is 25.8. The zero-order valence-corrected chi connectivity index (χ0v) is 26.6. The molecular formula is C29H33F3N6O8S. The van der Waals surface area contributed by atoms with Crippen molar-refractivity contribution < 1.29 is 50.5 Å². The van der Waals surface area contributed by atoms with Crippen LogP contribution >= 0.6 is 0 Å². The van der Waals surface area contributed by atoms with Gasteiger partial charge in [-0.15, -0.1) is 5.01 Å². The van der Waals surface area contributed by atoms with E-state index in [0.29, 0.717) is 18.4 Å². The van der Waals surface area contributed by atoms with E-state index >= 15 is 0 Å². The molecule has 14 nitrogen and oxygen atoms in total. The van der Waals surface area contributed by atoms with Crippen molar-refractivity contribution in [2.75, 3.05) is 13.1 Å². The molecule has 1 fully saturated rings. The first kappa shape index (κ1) is 35.0. The first-order valence-electron chi connectivity index (χ1n) is 14.4. The molecule has 2 heterocycles. The highest BCUT2D eigenvalue weighted by atomic mass is 32.2. The van der Waals surface area contributed by atoms with E-state index < -0.39 is 52.3 Å². The van der Waals surface area contributed by atoms with E-state index in [1.807, 2.05) is 6.92 Å². The number of carbonyl (C=O) groups excluding carboxylic acids is 2. The number of rotatable bonds is 10. The number of alkyl halides is 3. The molecule has 1 N–H and O–H groups in total. The highest BCUT2D eigenvalue weighted by molar-refractivity contribution is 7.90. The maximum absolute atomic E-state index is 13.5. The van der Waals surface area contributed by atoms with Gasteiger partial charge in [0.05, 0.1) is 33.7 Å². The summed E-state index contributed by atoms with van der Waals surface area (Å²) in [7, 11) is -4.46. The number of carbonyl (C=O) groups is 2. The van der Waals surface area contributed by atoms with Gasteiger partial charge in [-0.05, 0) is 50.1 Å². The van der Waals surface area contributed by atoms with Crippen molar-refractivity contribution in [3.05, 3.63) is 71.1 Å². The summed E-state index contributed by atoms with van der Waals surface area (Å²) in [6.45, 7) is 6.56. The number of amides is 1. The minimum Gasteiger partial charge on any atom is -0.569 e. The van der Waals surface area contributed by atoms with Gasteiger partial charge in [0, 0.05) is 12.5 Å². The summed E-state index contributed by atoms with van der Waals surface area (Å²) in [5.41, 5.74) is 0.519. The Hall–Kier alpha value is -4.87. The SMILES string of the molecule is Cc1ccc(-c2cc(C(F)(F)F)nn2-c2ccc(S(=O)(=O)NC(=O)OC3CCCN([N+]([O-])=NOC(C)OC(=O)C(C)C)C3)cc2)cc1. The zero-order chi connectivity index (χ0) is 34.5. The fourth-order valence-corrected chi connectivity index (χ4v) is 5.29. The van der Waals surface area contributed by atoms with E-state index in [1.165, 1.54) is 19.1 Å². The maximum atomic E-state index is 13.5. The number of esters is 1. The lowest BCUT2D eigenvalue weighted by Crippen LogP contribution is -2.45. The lowest BCUT2D eigenvalue weighted by atomic mass is 10.1. The molecule has 2 unspecified atom stereocenters. The molecule has 3 aromatic rings. The Balaban J connectivity index is 1.40. The van der Waals surface area contributed by atoms with Gasteiger partial charge in [-0.2, -0.15) is 18.3 Å². The number of halogens is 3. The first-order valence-corrected chi connectivity index (χ1v) is 15.9. The molecule has 0 aliphatic carbocycles. The topological polar surface area (TPSA) is 167 Å². The molecule has 1 amide bonds. The van der Waals surface area contributed by atoms with Crippen LogP contribution in [0.5, 0.6) is 0 Å². The molecule has 254 valence electrons. The lowest BCUT2D eigenvalue weighted by molar-refractivity contribution is -0.716. The quantitative estimate of drug-likeness (QED) is 0.0999. The normalized spacial score (nSPS) is 16.5.